The molecule has 4 rings (SSSR count). The van der Waals surface area contributed by atoms with Crippen molar-refractivity contribution < 1.29 is 19.1 Å². The van der Waals surface area contributed by atoms with Crippen molar-refractivity contribution in [2.45, 2.75) is 13.8 Å². The molecule has 0 spiro atoms. The molecule has 0 aromatic heterocycles. The zero-order valence-electron chi connectivity index (χ0n) is 18.3. The van der Waals surface area contributed by atoms with E-state index < -0.39 is 11.8 Å². The molecular weight excluding hydrogens is 440 g/mol. The van der Waals surface area contributed by atoms with E-state index in [2.05, 4.69) is 5.32 Å². The Labute approximate surface area is 197 Å². The quantitative estimate of drug-likeness (QED) is 0.445. The lowest BCUT2D eigenvalue weighted by Crippen LogP contribution is -2.32. The Bertz CT molecular complexity index is 1210. The molecule has 2 amide bonds. The molecule has 6 nitrogen and oxygen atoms in total. The van der Waals surface area contributed by atoms with E-state index in [0.717, 1.165) is 4.90 Å². The number of carbonyl (C=O) groups excluding carboxylic acids is 2. The molecule has 168 valence electrons. The number of hydrogen-bond donors (Lipinski definition) is 1. The van der Waals surface area contributed by atoms with Crippen LogP contribution in [0.4, 0.5) is 11.4 Å². The van der Waals surface area contributed by atoms with E-state index in [1.165, 1.54) is 0 Å². The molecule has 0 atom stereocenters. The van der Waals surface area contributed by atoms with E-state index in [-0.39, 0.29) is 5.70 Å². The van der Waals surface area contributed by atoms with Gasteiger partial charge in [0.05, 0.1) is 24.5 Å². The van der Waals surface area contributed by atoms with E-state index in [4.69, 9.17) is 21.1 Å². The number of rotatable bonds is 8. The van der Waals surface area contributed by atoms with E-state index in [1.807, 2.05) is 32.0 Å². The molecule has 1 aliphatic rings. The number of nitrogens with zero attached hydrogens (tertiary/aromatic N) is 1. The largest absolute Gasteiger partial charge is 0.490 e. The van der Waals surface area contributed by atoms with Crippen molar-refractivity contribution in [3.05, 3.63) is 89.1 Å². The standard InChI is InChI=1S/C26H23ClN2O4/c1-3-32-21-15-12-19(16-22(21)33-4-2)28-24-23(17-8-6-5-7-9-17)25(30)29(26(24)31)20-13-10-18(27)11-14-20/h5-16,28H,3-4H2,1-2H3. The minimum absolute atomic E-state index is 0.188. The third-order valence-corrected chi connectivity index (χ3v) is 5.30. The van der Waals surface area contributed by atoms with Crippen molar-refractivity contribution in [3.8, 4) is 11.5 Å². The second-order valence-electron chi connectivity index (χ2n) is 7.19. The fraction of sp³-hybridized carbons (Fsp3) is 0.154. The monoisotopic (exact) mass is 462 g/mol. The first-order chi connectivity index (χ1) is 16.0. The fourth-order valence-electron chi connectivity index (χ4n) is 3.62. The molecule has 1 N–H and O–H groups in total. The summed E-state index contributed by atoms with van der Waals surface area (Å²) in [6.07, 6.45) is 0. The summed E-state index contributed by atoms with van der Waals surface area (Å²) >= 11 is 5.99. The number of halogens is 1. The molecule has 1 heterocycles. The molecule has 0 unspecified atom stereocenters. The van der Waals surface area contributed by atoms with Crippen LogP contribution in [0, 0.1) is 0 Å². The van der Waals surface area contributed by atoms with Gasteiger partial charge in [0.2, 0.25) is 0 Å². The van der Waals surface area contributed by atoms with Gasteiger partial charge >= 0.3 is 0 Å². The van der Waals surface area contributed by atoms with Crippen molar-refractivity contribution in [2.24, 2.45) is 0 Å². The van der Waals surface area contributed by atoms with Crippen LogP contribution in [0.25, 0.3) is 5.57 Å². The van der Waals surface area contributed by atoms with Crippen LogP contribution in [-0.2, 0) is 9.59 Å². The Balaban J connectivity index is 1.77. The van der Waals surface area contributed by atoms with Gasteiger partial charge in [0.1, 0.15) is 5.70 Å². The summed E-state index contributed by atoms with van der Waals surface area (Å²) < 4.78 is 11.3. The predicted molar refractivity (Wildman–Crippen MR) is 130 cm³/mol. The van der Waals surface area contributed by atoms with E-state index in [1.54, 1.807) is 54.6 Å². The number of amides is 2. The maximum absolute atomic E-state index is 13.5. The molecule has 0 aliphatic carbocycles. The summed E-state index contributed by atoms with van der Waals surface area (Å²) in [5.41, 5.74) is 2.17. The van der Waals surface area contributed by atoms with Crippen molar-refractivity contribution >= 4 is 40.4 Å². The number of imide groups is 1. The average molecular weight is 463 g/mol. The highest BCUT2D eigenvalue weighted by Crippen LogP contribution is 2.36. The van der Waals surface area contributed by atoms with Gasteiger partial charge in [-0.15, -0.1) is 0 Å². The maximum Gasteiger partial charge on any atom is 0.282 e. The van der Waals surface area contributed by atoms with Crippen LogP contribution >= 0.6 is 11.6 Å². The van der Waals surface area contributed by atoms with Crippen LogP contribution in [0.2, 0.25) is 5.02 Å². The molecule has 0 radical (unpaired) electrons. The first-order valence-electron chi connectivity index (χ1n) is 10.6. The van der Waals surface area contributed by atoms with Gasteiger partial charge in [-0.1, -0.05) is 41.9 Å². The third-order valence-electron chi connectivity index (χ3n) is 5.04. The number of hydrogen-bond acceptors (Lipinski definition) is 5. The Morgan fingerprint density at radius 1 is 0.818 bits per heavy atom. The van der Waals surface area contributed by atoms with E-state index in [0.29, 0.717) is 52.2 Å². The van der Waals surface area contributed by atoms with Gasteiger partial charge < -0.3 is 14.8 Å². The summed E-state index contributed by atoms with van der Waals surface area (Å²) in [5, 5.41) is 3.67. The Kier molecular flexibility index (Phi) is 6.66. The molecule has 33 heavy (non-hydrogen) atoms. The molecule has 1 aliphatic heterocycles. The molecule has 7 heteroatoms. The maximum atomic E-state index is 13.5. The van der Waals surface area contributed by atoms with E-state index >= 15 is 0 Å². The first kappa shape index (κ1) is 22.4. The fourth-order valence-corrected chi connectivity index (χ4v) is 3.74. The van der Waals surface area contributed by atoms with Crippen LogP contribution in [0.1, 0.15) is 19.4 Å². The van der Waals surface area contributed by atoms with Crippen LogP contribution in [0.15, 0.2) is 78.5 Å². The Morgan fingerprint density at radius 3 is 2.15 bits per heavy atom. The van der Waals surface area contributed by atoms with Gasteiger partial charge in [-0.25, -0.2) is 4.90 Å². The zero-order valence-corrected chi connectivity index (χ0v) is 19.1. The zero-order chi connectivity index (χ0) is 23.4. The summed E-state index contributed by atoms with van der Waals surface area (Å²) in [7, 11) is 0. The summed E-state index contributed by atoms with van der Waals surface area (Å²) in [6, 6.07) is 21.0. The number of anilines is 2. The summed E-state index contributed by atoms with van der Waals surface area (Å²) in [5.74, 6) is 0.302. The third kappa shape index (κ3) is 4.56. The van der Waals surface area contributed by atoms with Crippen LogP contribution in [-0.4, -0.2) is 25.0 Å². The summed E-state index contributed by atoms with van der Waals surface area (Å²) in [6.45, 7) is 4.74. The number of benzene rings is 3. The highest BCUT2D eigenvalue weighted by Gasteiger charge is 2.40. The lowest BCUT2D eigenvalue weighted by Gasteiger charge is -2.16. The Hall–Kier alpha value is -3.77. The molecule has 0 bridgehead atoms. The van der Waals surface area contributed by atoms with Crippen molar-refractivity contribution in [1.82, 2.24) is 0 Å². The lowest BCUT2D eigenvalue weighted by molar-refractivity contribution is -0.120. The number of ether oxygens (including phenoxy) is 2. The highest BCUT2D eigenvalue weighted by molar-refractivity contribution is 6.46. The van der Waals surface area contributed by atoms with E-state index in [9.17, 15) is 9.59 Å². The smallest absolute Gasteiger partial charge is 0.282 e. The van der Waals surface area contributed by atoms with Crippen molar-refractivity contribution in [2.75, 3.05) is 23.4 Å². The first-order valence-corrected chi connectivity index (χ1v) is 11.0. The van der Waals surface area contributed by atoms with Gasteiger partial charge in [0.15, 0.2) is 11.5 Å². The molecular formula is C26H23ClN2O4. The molecule has 0 saturated heterocycles. The van der Waals surface area contributed by atoms with Crippen LogP contribution < -0.4 is 19.7 Å². The number of carbonyl (C=O) groups is 2. The summed E-state index contributed by atoms with van der Waals surface area (Å²) in [4.78, 5) is 28.1. The molecule has 0 fully saturated rings. The minimum atomic E-state index is -0.451. The van der Waals surface area contributed by atoms with Gasteiger partial charge in [-0.05, 0) is 55.8 Å². The van der Waals surface area contributed by atoms with Gasteiger partial charge in [0, 0.05) is 16.8 Å². The second kappa shape index (κ2) is 9.79. The van der Waals surface area contributed by atoms with Gasteiger partial charge in [0.25, 0.3) is 11.8 Å². The van der Waals surface area contributed by atoms with Crippen molar-refractivity contribution in [1.29, 1.82) is 0 Å². The Morgan fingerprint density at radius 2 is 1.48 bits per heavy atom. The lowest BCUT2D eigenvalue weighted by atomic mass is 10.0. The SMILES string of the molecule is CCOc1ccc(NC2=C(c3ccccc3)C(=O)N(c3ccc(Cl)cc3)C2=O)cc1OCC. The van der Waals surface area contributed by atoms with Gasteiger partial charge in [-0.3, -0.25) is 9.59 Å². The minimum Gasteiger partial charge on any atom is -0.490 e. The van der Waals surface area contributed by atoms with Crippen LogP contribution in [0.3, 0.4) is 0 Å². The second-order valence-corrected chi connectivity index (χ2v) is 7.63. The van der Waals surface area contributed by atoms with Gasteiger partial charge in [-0.2, -0.15) is 0 Å². The average Bonchev–Trinajstić information content (AvgIpc) is 3.06. The predicted octanol–water partition coefficient (Wildman–Crippen LogP) is 5.53. The van der Waals surface area contributed by atoms with Crippen LogP contribution in [0.5, 0.6) is 11.5 Å². The normalized spacial score (nSPS) is 13.5. The molecule has 3 aromatic carbocycles. The number of nitrogens with one attached hydrogen (secondary N) is 1. The van der Waals surface area contributed by atoms with Crippen molar-refractivity contribution in [3.63, 3.8) is 0 Å². The topological polar surface area (TPSA) is 67.9 Å². The molecule has 0 saturated carbocycles. The highest BCUT2D eigenvalue weighted by atomic mass is 35.5. The molecule has 3 aromatic rings.